The molecule has 1 saturated carbocycles. The number of carbonyl (C=O) groups excluding carboxylic acids is 1. The summed E-state index contributed by atoms with van der Waals surface area (Å²) in [7, 11) is 1.60. The third-order valence-electron chi connectivity index (χ3n) is 4.87. The molecule has 1 amide bonds. The first-order chi connectivity index (χ1) is 10.6. The highest BCUT2D eigenvalue weighted by molar-refractivity contribution is 5.98. The van der Waals surface area contributed by atoms with Crippen molar-refractivity contribution < 1.29 is 19.4 Å². The molecule has 1 heterocycles. The SMILES string of the molecule is COc1ccc2c(c1)C(=O)N(CC1CCC(C(=O)O)CC1)C2. The maximum atomic E-state index is 12.5. The van der Waals surface area contributed by atoms with Gasteiger partial charge in [0.15, 0.2) is 0 Å². The van der Waals surface area contributed by atoms with Gasteiger partial charge < -0.3 is 14.7 Å². The summed E-state index contributed by atoms with van der Waals surface area (Å²) < 4.78 is 5.18. The summed E-state index contributed by atoms with van der Waals surface area (Å²) in [5.41, 5.74) is 1.78. The van der Waals surface area contributed by atoms with Gasteiger partial charge in [-0.3, -0.25) is 9.59 Å². The minimum Gasteiger partial charge on any atom is -0.497 e. The molecule has 1 N–H and O–H groups in total. The van der Waals surface area contributed by atoms with Crippen LogP contribution in [0.4, 0.5) is 0 Å². The van der Waals surface area contributed by atoms with E-state index in [2.05, 4.69) is 0 Å². The topological polar surface area (TPSA) is 66.8 Å². The molecule has 1 aromatic rings. The molecule has 0 aromatic heterocycles. The van der Waals surface area contributed by atoms with E-state index in [-0.39, 0.29) is 11.8 Å². The number of carboxylic acids is 1. The van der Waals surface area contributed by atoms with Crippen molar-refractivity contribution in [3.63, 3.8) is 0 Å². The molecule has 5 nitrogen and oxygen atoms in total. The molecule has 0 saturated heterocycles. The predicted octanol–water partition coefficient (Wildman–Crippen LogP) is 2.54. The normalized spacial score (nSPS) is 24.2. The van der Waals surface area contributed by atoms with Crippen LogP contribution in [0.2, 0.25) is 0 Å². The molecule has 1 aliphatic carbocycles. The average molecular weight is 303 g/mol. The van der Waals surface area contributed by atoms with Crippen LogP contribution in [0.3, 0.4) is 0 Å². The molecule has 1 aromatic carbocycles. The van der Waals surface area contributed by atoms with Gasteiger partial charge in [0.2, 0.25) is 0 Å². The lowest BCUT2D eigenvalue weighted by molar-refractivity contribution is -0.143. The number of hydrogen-bond acceptors (Lipinski definition) is 3. The first kappa shape index (κ1) is 14.9. The first-order valence-corrected chi connectivity index (χ1v) is 7.77. The maximum Gasteiger partial charge on any atom is 0.306 e. The van der Waals surface area contributed by atoms with E-state index in [1.165, 1.54) is 0 Å². The maximum absolute atomic E-state index is 12.5. The Morgan fingerprint density at radius 2 is 2.05 bits per heavy atom. The van der Waals surface area contributed by atoms with Crippen molar-refractivity contribution in [3.8, 4) is 5.75 Å². The van der Waals surface area contributed by atoms with Crippen LogP contribution in [0.25, 0.3) is 0 Å². The van der Waals surface area contributed by atoms with Gasteiger partial charge in [-0.1, -0.05) is 6.07 Å². The van der Waals surface area contributed by atoms with Crippen molar-refractivity contribution >= 4 is 11.9 Å². The van der Waals surface area contributed by atoms with Crippen molar-refractivity contribution in [2.24, 2.45) is 11.8 Å². The summed E-state index contributed by atoms with van der Waals surface area (Å²) in [5.74, 6) is 0.295. The zero-order valence-corrected chi connectivity index (χ0v) is 12.7. The Bertz CT molecular complexity index is 590. The van der Waals surface area contributed by atoms with E-state index >= 15 is 0 Å². The van der Waals surface area contributed by atoms with Crippen LogP contribution in [-0.4, -0.2) is 35.5 Å². The fourth-order valence-electron chi connectivity index (χ4n) is 3.52. The standard InChI is InChI=1S/C17H21NO4/c1-22-14-7-6-13-10-18(16(19)15(13)8-14)9-11-2-4-12(5-3-11)17(20)21/h6-8,11-12H,2-5,9-10H2,1H3,(H,20,21). The van der Waals surface area contributed by atoms with Crippen molar-refractivity contribution in [1.82, 2.24) is 4.90 Å². The molecule has 1 aliphatic heterocycles. The Hall–Kier alpha value is -2.04. The number of hydrogen-bond donors (Lipinski definition) is 1. The third kappa shape index (κ3) is 2.80. The van der Waals surface area contributed by atoms with E-state index in [1.54, 1.807) is 13.2 Å². The van der Waals surface area contributed by atoms with Crippen LogP contribution in [-0.2, 0) is 11.3 Å². The largest absolute Gasteiger partial charge is 0.497 e. The monoisotopic (exact) mass is 303 g/mol. The van der Waals surface area contributed by atoms with Gasteiger partial charge in [0.05, 0.1) is 13.0 Å². The van der Waals surface area contributed by atoms with E-state index in [1.807, 2.05) is 17.0 Å². The van der Waals surface area contributed by atoms with E-state index in [4.69, 9.17) is 9.84 Å². The molecule has 0 atom stereocenters. The number of fused-ring (bicyclic) bond motifs is 1. The zero-order chi connectivity index (χ0) is 15.7. The Kier molecular flexibility index (Phi) is 4.05. The van der Waals surface area contributed by atoms with Gasteiger partial charge in [-0.05, 0) is 49.3 Å². The number of carboxylic acid groups (broad SMARTS) is 1. The highest BCUT2D eigenvalue weighted by Gasteiger charge is 2.32. The third-order valence-corrected chi connectivity index (χ3v) is 4.87. The van der Waals surface area contributed by atoms with Crippen LogP contribution in [0.1, 0.15) is 41.6 Å². The number of amides is 1. The molecule has 5 heteroatoms. The van der Waals surface area contributed by atoms with Gasteiger partial charge in [-0.25, -0.2) is 0 Å². The molecule has 0 unspecified atom stereocenters. The van der Waals surface area contributed by atoms with Gasteiger partial charge in [0.1, 0.15) is 5.75 Å². The Balaban J connectivity index is 1.61. The smallest absolute Gasteiger partial charge is 0.306 e. The average Bonchev–Trinajstić information content (AvgIpc) is 2.83. The number of carbonyl (C=O) groups is 2. The summed E-state index contributed by atoms with van der Waals surface area (Å²) in [4.78, 5) is 25.4. The summed E-state index contributed by atoms with van der Waals surface area (Å²) in [6.07, 6.45) is 3.23. The summed E-state index contributed by atoms with van der Waals surface area (Å²) in [5, 5.41) is 9.04. The number of aliphatic carboxylic acids is 1. The van der Waals surface area contributed by atoms with Gasteiger partial charge in [0, 0.05) is 18.7 Å². The zero-order valence-electron chi connectivity index (χ0n) is 12.7. The van der Waals surface area contributed by atoms with Crippen molar-refractivity contribution in [3.05, 3.63) is 29.3 Å². The van der Waals surface area contributed by atoms with Crippen LogP contribution in [0.15, 0.2) is 18.2 Å². The fourth-order valence-corrected chi connectivity index (χ4v) is 3.52. The molecule has 0 spiro atoms. The molecule has 0 bridgehead atoms. The highest BCUT2D eigenvalue weighted by Crippen LogP contribution is 2.32. The predicted molar refractivity (Wildman–Crippen MR) is 80.8 cm³/mol. The lowest BCUT2D eigenvalue weighted by Crippen LogP contribution is -2.32. The quantitative estimate of drug-likeness (QED) is 0.928. The van der Waals surface area contributed by atoms with Crippen LogP contribution in [0.5, 0.6) is 5.75 Å². The first-order valence-electron chi connectivity index (χ1n) is 7.77. The molecular formula is C17H21NO4. The second kappa shape index (κ2) is 5.99. The van der Waals surface area contributed by atoms with Gasteiger partial charge in [0.25, 0.3) is 5.91 Å². The van der Waals surface area contributed by atoms with Crippen molar-refractivity contribution in [2.75, 3.05) is 13.7 Å². The number of nitrogens with zero attached hydrogens (tertiary/aromatic N) is 1. The number of benzene rings is 1. The van der Waals surface area contributed by atoms with E-state index in [0.29, 0.717) is 18.2 Å². The Labute approximate surface area is 129 Å². The van der Waals surface area contributed by atoms with Crippen LogP contribution in [0, 0.1) is 11.8 Å². The second-order valence-electron chi connectivity index (χ2n) is 6.26. The minimum atomic E-state index is -0.685. The molecule has 2 aliphatic rings. The molecular weight excluding hydrogens is 282 g/mol. The van der Waals surface area contributed by atoms with Crippen LogP contribution >= 0.6 is 0 Å². The molecule has 118 valence electrons. The number of rotatable bonds is 4. The number of ether oxygens (including phenoxy) is 1. The molecule has 22 heavy (non-hydrogen) atoms. The second-order valence-corrected chi connectivity index (χ2v) is 6.26. The molecule has 1 fully saturated rings. The lowest BCUT2D eigenvalue weighted by Gasteiger charge is -2.29. The van der Waals surface area contributed by atoms with Crippen molar-refractivity contribution in [1.29, 1.82) is 0 Å². The van der Waals surface area contributed by atoms with E-state index in [9.17, 15) is 9.59 Å². The fraction of sp³-hybridized carbons (Fsp3) is 0.529. The number of methoxy groups -OCH3 is 1. The summed E-state index contributed by atoms with van der Waals surface area (Å²) in [6, 6.07) is 5.64. The lowest BCUT2D eigenvalue weighted by atomic mass is 9.82. The Morgan fingerprint density at radius 1 is 1.32 bits per heavy atom. The highest BCUT2D eigenvalue weighted by atomic mass is 16.5. The summed E-state index contributed by atoms with van der Waals surface area (Å²) in [6.45, 7) is 1.37. The van der Waals surface area contributed by atoms with Crippen LogP contribution < -0.4 is 4.74 Å². The summed E-state index contributed by atoms with van der Waals surface area (Å²) >= 11 is 0. The van der Waals surface area contributed by atoms with Gasteiger partial charge in [-0.2, -0.15) is 0 Å². The van der Waals surface area contributed by atoms with E-state index in [0.717, 1.165) is 43.4 Å². The minimum absolute atomic E-state index is 0.0641. The van der Waals surface area contributed by atoms with Gasteiger partial charge >= 0.3 is 5.97 Å². The Morgan fingerprint density at radius 3 is 2.68 bits per heavy atom. The van der Waals surface area contributed by atoms with Crippen molar-refractivity contribution in [2.45, 2.75) is 32.2 Å². The van der Waals surface area contributed by atoms with Gasteiger partial charge in [-0.15, -0.1) is 0 Å². The molecule has 3 rings (SSSR count). The van der Waals surface area contributed by atoms with E-state index < -0.39 is 5.97 Å². The molecule has 0 radical (unpaired) electrons.